The molecule has 0 aliphatic carbocycles. The zero-order chi connectivity index (χ0) is 20.2. The maximum Gasteiger partial charge on any atom is 0.289 e. The van der Waals surface area contributed by atoms with E-state index in [1.165, 1.54) is 18.4 Å². The number of amides is 2. The van der Waals surface area contributed by atoms with E-state index in [9.17, 15) is 14.0 Å². The van der Waals surface area contributed by atoms with Crippen LogP contribution in [0.15, 0.2) is 56.7 Å². The summed E-state index contributed by atoms with van der Waals surface area (Å²) in [6.45, 7) is 1.79. The molecule has 1 fully saturated rings. The van der Waals surface area contributed by atoms with Gasteiger partial charge in [0.05, 0.1) is 12.0 Å². The Morgan fingerprint density at radius 1 is 1.07 bits per heavy atom. The van der Waals surface area contributed by atoms with Gasteiger partial charge in [0, 0.05) is 31.7 Å². The number of nitrogens with zero attached hydrogens (tertiary/aromatic N) is 4. The van der Waals surface area contributed by atoms with Gasteiger partial charge in [0.1, 0.15) is 5.82 Å². The summed E-state index contributed by atoms with van der Waals surface area (Å²) in [7, 11) is 0. The van der Waals surface area contributed by atoms with E-state index in [1.54, 1.807) is 34.1 Å². The van der Waals surface area contributed by atoms with Gasteiger partial charge in [-0.3, -0.25) is 9.59 Å². The van der Waals surface area contributed by atoms with Crippen molar-refractivity contribution >= 4 is 23.6 Å². The van der Waals surface area contributed by atoms with Crippen molar-refractivity contribution in [3.8, 4) is 11.5 Å². The number of benzene rings is 1. The second-order valence-electron chi connectivity index (χ2n) is 6.32. The minimum atomic E-state index is -0.394. The van der Waals surface area contributed by atoms with Gasteiger partial charge in [-0.2, -0.15) is 0 Å². The molecular formula is C19H17FN4O4S. The van der Waals surface area contributed by atoms with Gasteiger partial charge in [0.2, 0.25) is 11.8 Å². The van der Waals surface area contributed by atoms with Crippen molar-refractivity contribution in [3.05, 3.63) is 54.2 Å². The predicted octanol–water partition coefficient (Wildman–Crippen LogP) is 2.55. The topological polar surface area (TPSA) is 92.7 Å². The summed E-state index contributed by atoms with van der Waals surface area (Å²) < 4.78 is 23.9. The summed E-state index contributed by atoms with van der Waals surface area (Å²) in [5.41, 5.74) is 0.480. The maximum atomic E-state index is 13.3. The zero-order valence-electron chi connectivity index (χ0n) is 15.3. The molecule has 10 heteroatoms. The number of thioether (sulfide) groups is 1. The minimum absolute atomic E-state index is 0.0781. The van der Waals surface area contributed by atoms with E-state index in [2.05, 4.69) is 10.2 Å². The third-order valence-electron chi connectivity index (χ3n) is 4.45. The molecule has 1 aromatic carbocycles. The Morgan fingerprint density at radius 2 is 1.86 bits per heavy atom. The van der Waals surface area contributed by atoms with Gasteiger partial charge in [0.25, 0.3) is 11.1 Å². The first kappa shape index (κ1) is 19.2. The average Bonchev–Trinajstić information content (AvgIpc) is 3.44. The average molecular weight is 416 g/mol. The molecule has 0 unspecified atom stereocenters. The van der Waals surface area contributed by atoms with E-state index in [-0.39, 0.29) is 28.7 Å². The molecule has 0 radical (unpaired) electrons. The van der Waals surface area contributed by atoms with Crippen LogP contribution >= 0.6 is 11.8 Å². The Morgan fingerprint density at radius 3 is 2.59 bits per heavy atom. The Labute approximate surface area is 169 Å². The fourth-order valence-corrected chi connectivity index (χ4v) is 3.60. The highest BCUT2D eigenvalue weighted by Crippen LogP contribution is 2.24. The van der Waals surface area contributed by atoms with Crippen molar-refractivity contribution in [2.75, 3.05) is 31.9 Å². The molecule has 3 heterocycles. The van der Waals surface area contributed by atoms with Crippen LogP contribution in [0, 0.1) is 5.82 Å². The highest BCUT2D eigenvalue weighted by molar-refractivity contribution is 7.99. The smallest absolute Gasteiger partial charge is 0.289 e. The molecule has 0 saturated carbocycles. The van der Waals surface area contributed by atoms with E-state index in [0.717, 1.165) is 11.8 Å². The fraction of sp³-hybridized carbons (Fsp3) is 0.263. The Hall–Kier alpha value is -3.14. The molecule has 0 N–H and O–H groups in total. The third kappa shape index (κ3) is 4.48. The Kier molecular flexibility index (Phi) is 5.61. The first-order chi connectivity index (χ1) is 14.1. The molecule has 0 atom stereocenters. The van der Waals surface area contributed by atoms with E-state index < -0.39 is 5.82 Å². The van der Waals surface area contributed by atoms with Crippen molar-refractivity contribution in [1.29, 1.82) is 0 Å². The highest BCUT2D eigenvalue weighted by atomic mass is 32.2. The summed E-state index contributed by atoms with van der Waals surface area (Å²) in [6.07, 6.45) is 1.46. The van der Waals surface area contributed by atoms with Crippen LogP contribution in [0.4, 0.5) is 4.39 Å². The molecule has 0 spiro atoms. The number of carbonyl (C=O) groups is 2. The fourth-order valence-electron chi connectivity index (χ4n) is 2.94. The Bertz CT molecular complexity index is 999. The molecule has 8 nitrogen and oxygen atoms in total. The standard InChI is InChI=1S/C19H17FN4O4S/c20-14-4-1-3-13(11-14)17-21-22-19(28-17)29-12-16(25)23-6-8-24(9-7-23)18(26)15-5-2-10-27-15/h1-5,10-11H,6-9,12H2. The molecule has 3 aromatic rings. The molecule has 150 valence electrons. The SMILES string of the molecule is O=C(CSc1nnc(-c2cccc(F)c2)o1)N1CCN(C(=O)c2ccco2)CC1. The van der Waals surface area contributed by atoms with Gasteiger partial charge in [-0.05, 0) is 30.3 Å². The van der Waals surface area contributed by atoms with Gasteiger partial charge in [-0.25, -0.2) is 4.39 Å². The summed E-state index contributed by atoms with van der Waals surface area (Å²) in [5, 5.41) is 8.02. The summed E-state index contributed by atoms with van der Waals surface area (Å²) in [5.74, 6) is -0.0143. The maximum absolute atomic E-state index is 13.3. The lowest BCUT2D eigenvalue weighted by molar-refractivity contribution is -0.129. The third-order valence-corrected chi connectivity index (χ3v) is 5.25. The van der Waals surface area contributed by atoms with Crippen LogP contribution in [-0.4, -0.2) is 63.7 Å². The molecular weight excluding hydrogens is 399 g/mol. The molecule has 0 bridgehead atoms. The van der Waals surface area contributed by atoms with Crippen LogP contribution < -0.4 is 0 Å². The molecule has 29 heavy (non-hydrogen) atoms. The van der Waals surface area contributed by atoms with Crippen molar-refractivity contribution in [1.82, 2.24) is 20.0 Å². The second kappa shape index (κ2) is 8.48. The first-order valence-electron chi connectivity index (χ1n) is 8.93. The van der Waals surface area contributed by atoms with Crippen LogP contribution in [0.5, 0.6) is 0 Å². The summed E-state index contributed by atoms with van der Waals surface area (Å²) in [6, 6.07) is 9.15. The van der Waals surface area contributed by atoms with Gasteiger partial charge >= 0.3 is 0 Å². The van der Waals surface area contributed by atoms with Gasteiger partial charge < -0.3 is 18.6 Å². The number of piperazine rings is 1. The van der Waals surface area contributed by atoms with Gasteiger partial charge in [-0.15, -0.1) is 10.2 Å². The van der Waals surface area contributed by atoms with Crippen LogP contribution in [-0.2, 0) is 4.79 Å². The summed E-state index contributed by atoms with van der Waals surface area (Å²) in [4.78, 5) is 28.1. The number of rotatable bonds is 5. The lowest BCUT2D eigenvalue weighted by Crippen LogP contribution is -2.51. The zero-order valence-corrected chi connectivity index (χ0v) is 16.1. The van der Waals surface area contributed by atoms with Crippen LogP contribution in [0.3, 0.4) is 0 Å². The highest BCUT2D eigenvalue weighted by Gasteiger charge is 2.26. The summed E-state index contributed by atoms with van der Waals surface area (Å²) >= 11 is 1.13. The number of hydrogen-bond donors (Lipinski definition) is 0. The quantitative estimate of drug-likeness (QED) is 0.590. The normalized spacial score (nSPS) is 14.2. The van der Waals surface area contributed by atoms with Crippen LogP contribution in [0.25, 0.3) is 11.5 Å². The van der Waals surface area contributed by atoms with E-state index in [4.69, 9.17) is 8.83 Å². The van der Waals surface area contributed by atoms with Gasteiger partial charge in [0.15, 0.2) is 5.76 Å². The minimum Gasteiger partial charge on any atom is -0.459 e. The molecule has 1 saturated heterocycles. The number of aromatic nitrogens is 2. The van der Waals surface area contributed by atoms with E-state index in [0.29, 0.717) is 37.5 Å². The molecule has 2 aromatic heterocycles. The lowest BCUT2D eigenvalue weighted by Gasteiger charge is -2.34. The number of carbonyl (C=O) groups excluding carboxylic acids is 2. The molecule has 1 aliphatic heterocycles. The largest absolute Gasteiger partial charge is 0.459 e. The number of halogens is 1. The van der Waals surface area contributed by atoms with Crippen LogP contribution in [0.1, 0.15) is 10.6 Å². The lowest BCUT2D eigenvalue weighted by atomic mass is 10.2. The monoisotopic (exact) mass is 416 g/mol. The van der Waals surface area contributed by atoms with Crippen molar-refractivity contribution in [2.24, 2.45) is 0 Å². The first-order valence-corrected chi connectivity index (χ1v) is 9.91. The predicted molar refractivity (Wildman–Crippen MR) is 102 cm³/mol. The van der Waals surface area contributed by atoms with E-state index in [1.807, 2.05) is 0 Å². The second-order valence-corrected chi connectivity index (χ2v) is 7.25. The molecule has 1 aliphatic rings. The van der Waals surface area contributed by atoms with Gasteiger partial charge in [-0.1, -0.05) is 17.8 Å². The Balaban J connectivity index is 1.27. The van der Waals surface area contributed by atoms with Crippen molar-refractivity contribution in [3.63, 3.8) is 0 Å². The number of hydrogen-bond acceptors (Lipinski definition) is 7. The molecule has 4 rings (SSSR count). The van der Waals surface area contributed by atoms with Crippen molar-refractivity contribution < 1.29 is 22.8 Å². The van der Waals surface area contributed by atoms with Crippen molar-refractivity contribution in [2.45, 2.75) is 5.22 Å². The van der Waals surface area contributed by atoms with E-state index >= 15 is 0 Å². The van der Waals surface area contributed by atoms with Crippen LogP contribution in [0.2, 0.25) is 0 Å². The molecule has 2 amide bonds. The number of furan rings is 1.